The van der Waals surface area contributed by atoms with E-state index in [-0.39, 0.29) is 18.3 Å². The molecule has 0 aliphatic heterocycles. The van der Waals surface area contributed by atoms with E-state index in [0.29, 0.717) is 10.7 Å². The molecule has 28 heavy (non-hydrogen) atoms. The third kappa shape index (κ3) is 4.47. The zero-order chi connectivity index (χ0) is 19.2. The molecule has 1 N–H and O–H groups in total. The van der Waals surface area contributed by atoms with Gasteiger partial charge < -0.3 is 9.15 Å². The molecule has 6 heteroatoms. The van der Waals surface area contributed by atoms with Crippen LogP contribution in [0.2, 0.25) is 0 Å². The van der Waals surface area contributed by atoms with Crippen LogP contribution in [0, 0.1) is 0 Å². The number of aromatic nitrogens is 1. The van der Waals surface area contributed by atoms with Crippen LogP contribution < -0.4 is 10.1 Å². The van der Waals surface area contributed by atoms with Gasteiger partial charge in [-0.2, -0.15) is 0 Å². The number of ether oxygens (including phenoxy) is 1. The monoisotopic (exact) mass is 390 g/mol. The predicted octanol–water partition coefficient (Wildman–Crippen LogP) is 5.16. The standard InChI is InChI=1S/C22H18N2O3S/c25-21(20-17(11-12-26-20)15-27-18-9-5-2-6-10-18)24-22-23-14-19(28-22)13-16-7-3-1-4-8-16/h1-12,14H,13,15H2,(H,23,24,25). The van der Waals surface area contributed by atoms with Crippen molar-refractivity contribution in [1.29, 1.82) is 0 Å². The minimum Gasteiger partial charge on any atom is -0.489 e. The van der Waals surface area contributed by atoms with Gasteiger partial charge in [0.05, 0.1) is 6.26 Å². The van der Waals surface area contributed by atoms with E-state index in [1.807, 2.05) is 48.5 Å². The second-order valence-electron chi connectivity index (χ2n) is 6.12. The van der Waals surface area contributed by atoms with Crippen molar-refractivity contribution in [2.75, 3.05) is 5.32 Å². The number of anilines is 1. The van der Waals surface area contributed by atoms with Gasteiger partial charge in [0.2, 0.25) is 0 Å². The van der Waals surface area contributed by atoms with E-state index in [4.69, 9.17) is 9.15 Å². The first-order valence-electron chi connectivity index (χ1n) is 8.82. The maximum Gasteiger partial charge on any atom is 0.293 e. The minimum atomic E-state index is -0.336. The number of carbonyl (C=O) groups excluding carboxylic acids is 1. The largest absolute Gasteiger partial charge is 0.489 e. The Morgan fingerprint density at radius 3 is 2.57 bits per heavy atom. The number of nitrogens with zero attached hydrogens (tertiary/aromatic N) is 1. The molecule has 0 aliphatic rings. The molecule has 0 saturated heterocycles. The van der Waals surface area contributed by atoms with Crippen LogP contribution in [0.4, 0.5) is 5.13 Å². The summed E-state index contributed by atoms with van der Waals surface area (Å²) < 4.78 is 11.1. The van der Waals surface area contributed by atoms with Gasteiger partial charge in [-0.3, -0.25) is 10.1 Å². The fourth-order valence-corrected chi connectivity index (χ4v) is 3.57. The molecule has 2 aromatic carbocycles. The quantitative estimate of drug-likeness (QED) is 0.473. The summed E-state index contributed by atoms with van der Waals surface area (Å²) in [6.07, 6.45) is 4.06. The number of thiazole rings is 1. The lowest BCUT2D eigenvalue weighted by atomic mass is 10.1. The SMILES string of the molecule is O=C(Nc1ncc(Cc2ccccc2)s1)c1occc1COc1ccccc1. The molecule has 140 valence electrons. The minimum absolute atomic E-state index is 0.232. The zero-order valence-corrected chi connectivity index (χ0v) is 15.8. The molecule has 0 atom stereocenters. The van der Waals surface area contributed by atoms with E-state index in [0.717, 1.165) is 17.0 Å². The van der Waals surface area contributed by atoms with Crippen molar-refractivity contribution in [2.45, 2.75) is 13.0 Å². The van der Waals surface area contributed by atoms with Crippen molar-refractivity contribution < 1.29 is 13.9 Å². The van der Waals surface area contributed by atoms with Crippen molar-refractivity contribution in [2.24, 2.45) is 0 Å². The Morgan fingerprint density at radius 2 is 1.79 bits per heavy atom. The van der Waals surface area contributed by atoms with Crippen molar-refractivity contribution in [3.05, 3.63) is 101 Å². The molecular weight excluding hydrogens is 372 g/mol. The first-order valence-corrected chi connectivity index (χ1v) is 9.64. The Balaban J connectivity index is 1.39. The molecule has 4 rings (SSSR count). The first kappa shape index (κ1) is 18.0. The van der Waals surface area contributed by atoms with Gasteiger partial charge in [0.25, 0.3) is 5.91 Å². The van der Waals surface area contributed by atoms with E-state index < -0.39 is 0 Å². The number of furan rings is 1. The number of nitrogens with one attached hydrogen (secondary N) is 1. The van der Waals surface area contributed by atoms with Gasteiger partial charge in [-0.1, -0.05) is 48.5 Å². The first-order chi connectivity index (χ1) is 13.8. The van der Waals surface area contributed by atoms with Gasteiger partial charge in [-0.25, -0.2) is 4.98 Å². The summed E-state index contributed by atoms with van der Waals surface area (Å²) >= 11 is 1.45. The summed E-state index contributed by atoms with van der Waals surface area (Å²) in [5.74, 6) is 0.633. The Labute approximate surface area is 166 Å². The third-order valence-electron chi connectivity index (χ3n) is 4.09. The average Bonchev–Trinajstić information content (AvgIpc) is 3.37. The molecule has 0 bridgehead atoms. The summed E-state index contributed by atoms with van der Waals surface area (Å²) in [5, 5.41) is 3.35. The van der Waals surface area contributed by atoms with Crippen LogP contribution in [-0.2, 0) is 13.0 Å². The number of rotatable bonds is 7. The van der Waals surface area contributed by atoms with Crippen LogP contribution in [0.5, 0.6) is 5.75 Å². The number of amides is 1. The Hall–Kier alpha value is -3.38. The lowest BCUT2D eigenvalue weighted by molar-refractivity contribution is 0.0993. The summed E-state index contributed by atoms with van der Waals surface area (Å²) in [4.78, 5) is 18.0. The molecule has 1 amide bonds. The lowest BCUT2D eigenvalue weighted by Crippen LogP contribution is -2.13. The maximum absolute atomic E-state index is 12.6. The van der Waals surface area contributed by atoms with E-state index in [1.54, 1.807) is 12.3 Å². The fraction of sp³-hybridized carbons (Fsp3) is 0.0909. The van der Waals surface area contributed by atoms with Crippen LogP contribution >= 0.6 is 11.3 Å². The van der Waals surface area contributed by atoms with Crippen LogP contribution in [0.25, 0.3) is 0 Å². The molecule has 2 aromatic heterocycles. The van der Waals surface area contributed by atoms with Crippen LogP contribution in [-0.4, -0.2) is 10.9 Å². The molecule has 0 unspecified atom stereocenters. The molecule has 2 heterocycles. The Morgan fingerprint density at radius 1 is 1.04 bits per heavy atom. The zero-order valence-electron chi connectivity index (χ0n) is 15.0. The molecule has 0 saturated carbocycles. The molecule has 0 aliphatic carbocycles. The van der Waals surface area contributed by atoms with Crippen molar-refractivity contribution in [3.8, 4) is 5.75 Å². The Bertz CT molecular complexity index is 1040. The van der Waals surface area contributed by atoms with Crippen LogP contribution in [0.1, 0.15) is 26.6 Å². The maximum atomic E-state index is 12.6. The highest BCUT2D eigenvalue weighted by molar-refractivity contribution is 7.15. The van der Waals surface area contributed by atoms with E-state index in [9.17, 15) is 4.79 Å². The van der Waals surface area contributed by atoms with E-state index in [2.05, 4.69) is 22.4 Å². The summed E-state index contributed by atoms with van der Waals surface area (Å²) in [7, 11) is 0. The molecule has 0 spiro atoms. The predicted molar refractivity (Wildman–Crippen MR) is 109 cm³/mol. The lowest BCUT2D eigenvalue weighted by Gasteiger charge is -2.06. The number of carbonyl (C=O) groups is 1. The van der Waals surface area contributed by atoms with E-state index >= 15 is 0 Å². The van der Waals surface area contributed by atoms with Gasteiger partial charge in [0, 0.05) is 23.1 Å². The number of hydrogen-bond acceptors (Lipinski definition) is 5. The molecule has 0 fully saturated rings. The summed E-state index contributed by atoms with van der Waals surface area (Å²) in [6.45, 7) is 0.250. The van der Waals surface area contributed by atoms with Gasteiger partial charge >= 0.3 is 0 Å². The van der Waals surface area contributed by atoms with E-state index in [1.165, 1.54) is 23.2 Å². The van der Waals surface area contributed by atoms with Crippen molar-refractivity contribution in [1.82, 2.24) is 4.98 Å². The van der Waals surface area contributed by atoms with Crippen LogP contribution in [0.15, 0.2) is 83.6 Å². The molecule has 5 nitrogen and oxygen atoms in total. The molecular formula is C22H18N2O3S. The molecule has 0 radical (unpaired) electrons. The topological polar surface area (TPSA) is 64.4 Å². The van der Waals surface area contributed by atoms with Crippen molar-refractivity contribution in [3.63, 3.8) is 0 Å². The number of para-hydroxylation sites is 1. The third-order valence-corrected chi connectivity index (χ3v) is 5.00. The van der Waals surface area contributed by atoms with Crippen LogP contribution in [0.3, 0.4) is 0 Å². The Kier molecular flexibility index (Phi) is 5.49. The second kappa shape index (κ2) is 8.54. The summed E-state index contributed by atoms with van der Waals surface area (Å²) in [6, 6.07) is 21.3. The highest BCUT2D eigenvalue weighted by atomic mass is 32.1. The summed E-state index contributed by atoms with van der Waals surface area (Å²) in [5.41, 5.74) is 1.89. The van der Waals surface area contributed by atoms with Gasteiger partial charge in [0.15, 0.2) is 10.9 Å². The highest BCUT2D eigenvalue weighted by Crippen LogP contribution is 2.23. The van der Waals surface area contributed by atoms with Gasteiger partial charge in [-0.05, 0) is 23.8 Å². The van der Waals surface area contributed by atoms with Gasteiger partial charge in [0.1, 0.15) is 12.4 Å². The number of benzene rings is 2. The van der Waals surface area contributed by atoms with Crippen molar-refractivity contribution >= 4 is 22.4 Å². The number of hydrogen-bond donors (Lipinski definition) is 1. The fourth-order valence-electron chi connectivity index (χ4n) is 2.72. The van der Waals surface area contributed by atoms with Gasteiger partial charge in [-0.15, -0.1) is 11.3 Å². The average molecular weight is 390 g/mol. The smallest absolute Gasteiger partial charge is 0.293 e. The molecule has 4 aromatic rings. The normalized spacial score (nSPS) is 10.6. The highest BCUT2D eigenvalue weighted by Gasteiger charge is 2.17. The second-order valence-corrected chi connectivity index (χ2v) is 7.24.